The molecule has 0 aliphatic carbocycles. The molecule has 1 aromatic heterocycles. The van der Waals surface area contributed by atoms with Gasteiger partial charge in [0.25, 0.3) is 0 Å². The number of rotatable bonds is 5. The molecule has 0 bridgehead atoms. The topological polar surface area (TPSA) is 42.6 Å². The van der Waals surface area contributed by atoms with Crippen molar-refractivity contribution in [1.82, 2.24) is 0 Å². The lowest BCUT2D eigenvalue weighted by Crippen LogP contribution is -1.88. The molecule has 114 valence electrons. The molecular formula is C19H20O3. The Morgan fingerprint density at radius 2 is 1.95 bits per heavy atom. The van der Waals surface area contributed by atoms with Crippen LogP contribution in [0.3, 0.4) is 0 Å². The van der Waals surface area contributed by atoms with Gasteiger partial charge >= 0.3 is 0 Å². The molecule has 3 aromatic rings. The SMILES string of the molecule is CCc1cccc(-c2cc(CO)cc3cc(COC)oc23)c1. The van der Waals surface area contributed by atoms with Gasteiger partial charge in [0.2, 0.25) is 0 Å². The fourth-order valence-electron chi connectivity index (χ4n) is 2.75. The molecule has 0 saturated carbocycles. The van der Waals surface area contributed by atoms with Gasteiger partial charge in [0.15, 0.2) is 0 Å². The Balaban J connectivity index is 2.21. The molecule has 0 aliphatic rings. The average molecular weight is 296 g/mol. The van der Waals surface area contributed by atoms with Crippen LogP contribution in [0.1, 0.15) is 23.8 Å². The summed E-state index contributed by atoms with van der Waals surface area (Å²) in [6.07, 6.45) is 0.990. The van der Waals surface area contributed by atoms with Crippen LogP contribution in [0.25, 0.3) is 22.1 Å². The van der Waals surface area contributed by atoms with Gasteiger partial charge < -0.3 is 14.3 Å². The van der Waals surface area contributed by atoms with Gasteiger partial charge in [0, 0.05) is 18.1 Å². The summed E-state index contributed by atoms with van der Waals surface area (Å²) in [5.74, 6) is 0.792. The third kappa shape index (κ3) is 2.78. The number of furan rings is 1. The first kappa shape index (κ1) is 14.8. The number of hydrogen-bond donors (Lipinski definition) is 1. The fourth-order valence-corrected chi connectivity index (χ4v) is 2.75. The van der Waals surface area contributed by atoms with Crippen LogP contribution in [0.15, 0.2) is 46.9 Å². The van der Waals surface area contributed by atoms with Gasteiger partial charge in [-0.05, 0) is 41.3 Å². The van der Waals surface area contributed by atoms with E-state index in [1.165, 1.54) is 5.56 Å². The highest BCUT2D eigenvalue weighted by atomic mass is 16.5. The van der Waals surface area contributed by atoms with Crippen LogP contribution in [0, 0.1) is 0 Å². The molecule has 0 saturated heterocycles. The predicted molar refractivity (Wildman–Crippen MR) is 87.7 cm³/mol. The van der Waals surface area contributed by atoms with Crippen molar-refractivity contribution in [1.29, 1.82) is 0 Å². The highest BCUT2D eigenvalue weighted by molar-refractivity contribution is 5.93. The second-order valence-electron chi connectivity index (χ2n) is 5.42. The monoisotopic (exact) mass is 296 g/mol. The summed E-state index contributed by atoms with van der Waals surface area (Å²) in [5.41, 5.74) is 5.13. The molecule has 0 unspecified atom stereocenters. The van der Waals surface area contributed by atoms with E-state index in [2.05, 4.69) is 31.2 Å². The summed E-state index contributed by atoms with van der Waals surface area (Å²) in [6.45, 7) is 2.60. The van der Waals surface area contributed by atoms with Gasteiger partial charge in [-0.15, -0.1) is 0 Å². The van der Waals surface area contributed by atoms with Crippen LogP contribution >= 0.6 is 0 Å². The second-order valence-corrected chi connectivity index (χ2v) is 5.42. The van der Waals surface area contributed by atoms with Crippen LogP contribution in [0.5, 0.6) is 0 Å². The molecule has 0 aliphatic heterocycles. The van der Waals surface area contributed by atoms with E-state index >= 15 is 0 Å². The van der Waals surface area contributed by atoms with Crippen molar-refractivity contribution in [2.45, 2.75) is 26.6 Å². The molecule has 3 nitrogen and oxygen atoms in total. The van der Waals surface area contributed by atoms with Crippen LogP contribution in [0.2, 0.25) is 0 Å². The molecule has 0 spiro atoms. The summed E-state index contributed by atoms with van der Waals surface area (Å²) >= 11 is 0. The van der Waals surface area contributed by atoms with Crippen molar-refractivity contribution in [3.8, 4) is 11.1 Å². The van der Waals surface area contributed by atoms with Gasteiger partial charge in [-0.3, -0.25) is 0 Å². The number of aryl methyl sites for hydroxylation is 1. The van der Waals surface area contributed by atoms with Crippen molar-refractivity contribution in [3.05, 3.63) is 59.4 Å². The van der Waals surface area contributed by atoms with E-state index in [1.807, 2.05) is 18.2 Å². The van der Waals surface area contributed by atoms with E-state index in [0.717, 1.165) is 39.8 Å². The van der Waals surface area contributed by atoms with Crippen LogP contribution in [-0.2, 0) is 24.4 Å². The molecule has 3 heteroatoms. The Hall–Kier alpha value is -2.10. The van der Waals surface area contributed by atoms with E-state index in [1.54, 1.807) is 7.11 Å². The zero-order valence-corrected chi connectivity index (χ0v) is 12.9. The van der Waals surface area contributed by atoms with Crippen LogP contribution in [0.4, 0.5) is 0 Å². The molecule has 1 N–H and O–H groups in total. The maximum Gasteiger partial charge on any atom is 0.142 e. The lowest BCUT2D eigenvalue weighted by Gasteiger charge is -2.07. The number of aliphatic hydroxyl groups is 1. The number of methoxy groups -OCH3 is 1. The molecule has 0 fully saturated rings. The zero-order valence-electron chi connectivity index (χ0n) is 12.9. The Morgan fingerprint density at radius 1 is 1.09 bits per heavy atom. The molecular weight excluding hydrogens is 276 g/mol. The number of fused-ring (bicyclic) bond motifs is 1. The molecule has 2 aromatic carbocycles. The predicted octanol–water partition coefficient (Wildman–Crippen LogP) is 4.30. The molecule has 22 heavy (non-hydrogen) atoms. The van der Waals surface area contributed by atoms with Gasteiger partial charge in [-0.1, -0.05) is 31.2 Å². The molecule has 3 rings (SSSR count). The summed E-state index contributed by atoms with van der Waals surface area (Å²) in [4.78, 5) is 0. The van der Waals surface area contributed by atoms with E-state index in [0.29, 0.717) is 6.61 Å². The molecule has 0 amide bonds. The van der Waals surface area contributed by atoms with Gasteiger partial charge in [-0.25, -0.2) is 0 Å². The van der Waals surface area contributed by atoms with Gasteiger partial charge in [-0.2, -0.15) is 0 Å². The first-order valence-electron chi connectivity index (χ1n) is 7.49. The normalized spacial score (nSPS) is 11.2. The average Bonchev–Trinajstić information content (AvgIpc) is 2.96. The Morgan fingerprint density at radius 3 is 2.68 bits per heavy atom. The fraction of sp³-hybridized carbons (Fsp3) is 0.263. The quantitative estimate of drug-likeness (QED) is 0.763. The summed E-state index contributed by atoms with van der Waals surface area (Å²) in [5, 5.41) is 10.5. The highest BCUT2D eigenvalue weighted by Gasteiger charge is 2.12. The highest BCUT2D eigenvalue weighted by Crippen LogP contribution is 2.33. The molecule has 1 heterocycles. The Bertz CT molecular complexity index is 786. The third-order valence-electron chi connectivity index (χ3n) is 3.84. The Labute approximate surface area is 130 Å². The molecule has 0 atom stereocenters. The maximum atomic E-state index is 9.52. The van der Waals surface area contributed by atoms with Crippen molar-refractivity contribution in [2.24, 2.45) is 0 Å². The van der Waals surface area contributed by atoms with Crippen molar-refractivity contribution in [3.63, 3.8) is 0 Å². The third-order valence-corrected chi connectivity index (χ3v) is 3.84. The smallest absolute Gasteiger partial charge is 0.142 e. The summed E-state index contributed by atoms with van der Waals surface area (Å²) in [6, 6.07) is 14.4. The minimum Gasteiger partial charge on any atom is -0.458 e. The maximum absolute atomic E-state index is 9.52. The lowest BCUT2D eigenvalue weighted by atomic mass is 9.98. The standard InChI is InChI=1S/C19H20O3/c1-3-13-5-4-6-15(7-13)18-9-14(11-20)8-16-10-17(12-21-2)22-19(16)18/h4-10,20H,3,11-12H2,1-2H3. The van der Waals surface area contributed by atoms with Crippen molar-refractivity contribution < 1.29 is 14.3 Å². The van der Waals surface area contributed by atoms with Crippen LogP contribution in [-0.4, -0.2) is 12.2 Å². The minimum absolute atomic E-state index is 0.0151. The first-order valence-corrected chi connectivity index (χ1v) is 7.49. The number of ether oxygens (including phenoxy) is 1. The summed E-state index contributed by atoms with van der Waals surface area (Å²) in [7, 11) is 1.65. The lowest BCUT2D eigenvalue weighted by molar-refractivity contribution is 0.166. The first-order chi connectivity index (χ1) is 10.7. The Kier molecular flexibility index (Phi) is 4.27. The van der Waals surface area contributed by atoms with Gasteiger partial charge in [0.05, 0.1) is 6.61 Å². The van der Waals surface area contributed by atoms with Gasteiger partial charge in [0.1, 0.15) is 18.0 Å². The largest absolute Gasteiger partial charge is 0.458 e. The van der Waals surface area contributed by atoms with E-state index < -0.39 is 0 Å². The van der Waals surface area contributed by atoms with E-state index in [9.17, 15) is 5.11 Å². The number of benzene rings is 2. The van der Waals surface area contributed by atoms with E-state index in [-0.39, 0.29) is 6.61 Å². The second kappa shape index (κ2) is 6.34. The molecule has 0 radical (unpaired) electrons. The minimum atomic E-state index is 0.0151. The van der Waals surface area contributed by atoms with Crippen molar-refractivity contribution in [2.75, 3.05) is 7.11 Å². The van der Waals surface area contributed by atoms with Crippen molar-refractivity contribution >= 4 is 11.0 Å². The number of aliphatic hydroxyl groups excluding tert-OH is 1. The van der Waals surface area contributed by atoms with E-state index in [4.69, 9.17) is 9.15 Å². The zero-order chi connectivity index (χ0) is 15.5. The van der Waals surface area contributed by atoms with Crippen LogP contribution < -0.4 is 0 Å². The summed E-state index contributed by atoms with van der Waals surface area (Å²) < 4.78 is 11.1. The number of hydrogen-bond acceptors (Lipinski definition) is 3.